The van der Waals surface area contributed by atoms with Crippen LogP contribution in [0.15, 0.2) is 194 Å². The maximum absolute atomic E-state index is 13.0. The van der Waals surface area contributed by atoms with Gasteiger partial charge in [-0.25, -0.2) is 15.0 Å². The molecule has 8 aromatic carbocycles. The van der Waals surface area contributed by atoms with E-state index in [0.717, 1.165) is 38.7 Å². The molecule has 1 aliphatic carbocycles. The van der Waals surface area contributed by atoms with Crippen molar-refractivity contribution in [1.82, 2.24) is 15.0 Å². The van der Waals surface area contributed by atoms with E-state index in [4.69, 9.17) is 15.0 Å². The Morgan fingerprint density at radius 1 is 0.386 bits per heavy atom. The van der Waals surface area contributed by atoms with Crippen molar-refractivity contribution in [1.29, 1.82) is 0 Å². The summed E-state index contributed by atoms with van der Waals surface area (Å²) in [7, 11) is -2.43. The zero-order valence-electron chi connectivity index (χ0n) is 31.7. The predicted octanol–water partition coefficient (Wildman–Crippen LogP) is 12.3. The standard InChI is InChI=1S/C52H38N3OP/c1-57(2,56)44-27-15-21-37(32-44)36-20-13-22-40(30-36)50-53-49(35-16-5-3-6-17-35)54-51(55-50)41-23-14-26-43(31-41)52(42-24-7-4-8-25-42)47-29-12-11-28-45(47)46-33-38-18-9-10-19-39(38)34-48(46)52/h3-34H,1-2H3. The summed E-state index contributed by atoms with van der Waals surface area (Å²) in [5.74, 6) is 1.78. The molecule has 0 radical (unpaired) electrons. The maximum Gasteiger partial charge on any atom is 0.164 e. The van der Waals surface area contributed by atoms with Gasteiger partial charge < -0.3 is 4.57 Å². The predicted molar refractivity (Wildman–Crippen MR) is 235 cm³/mol. The minimum Gasteiger partial charge on any atom is -0.319 e. The Balaban J connectivity index is 1.18. The minimum atomic E-state index is -2.43. The smallest absolute Gasteiger partial charge is 0.164 e. The van der Waals surface area contributed by atoms with E-state index in [9.17, 15) is 4.57 Å². The molecule has 0 aliphatic heterocycles. The lowest BCUT2D eigenvalue weighted by Gasteiger charge is -2.34. The van der Waals surface area contributed by atoms with Crippen LogP contribution in [-0.2, 0) is 9.98 Å². The molecule has 272 valence electrons. The largest absolute Gasteiger partial charge is 0.319 e. The van der Waals surface area contributed by atoms with E-state index >= 15 is 0 Å². The van der Waals surface area contributed by atoms with Gasteiger partial charge in [0, 0.05) is 22.0 Å². The van der Waals surface area contributed by atoms with Gasteiger partial charge in [-0.3, -0.25) is 0 Å². The van der Waals surface area contributed by atoms with Crippen LogP contribution in [0.3, 0.4) is 0 Å². The molecule has 0 saturated carbocycles. The van der Waals surface area contributed by atoms with Crippen LogP contribution in [0.5, 0.6) is 0 Å². The summed E-state index contributed by atoms with van der Waals surface area (Å²) in [5, 5.41) is 3.29. The van der Waals surface area contributed by atoms with Gasteiger partial charge in [0.15, 0.2) is 17.5 Å². The Labute approximate surface area is 333 Å². The van der Waals surface area contributed by atoms with Crippen molar-refractivity contribution in [2.45, 2.75) is 5.41 Å². The summed E-state index contributed by atoms with van der Waals surface area (Å²) >= 11 is 0. The summed E-state index contributed by atoms with van der Waals surface area (Å²) in [6.45, 7) is 3.62. The number of hydrogen-bond donors (Lipinski definition) is 0. The van der Waals surface area contributed by atoms with Gasteiger partial charge in [0.25, 0.3) is 0 Å². The molecule has 0 spiro atoms. The Hall–Kier alpha value is -6.74. The third kappa shape index (κ3) is 6.01. The van der Waals surface area contributed by atoms with Crippen LogP contribution in [0.1, 0.15) is 22.3 Å². The number of fused-ring (bicyclic) bond motifs is 4. The molecule has 1 aliphatic rings. The van der Waals surface area contributed by atoms with E-state index in [1.165, 1.54) is 38.6 Å². The first-order valence-corrected chi connectivity index (χ1v) is 21.8. The van der Waals surface area contributed by atoms with Crippen LogP contribution < -0.4 is 5.30 Å². The third-order valence-corrected chi connectivity index (χ3v) is 12.8. The molecule has 9 aromatic rings. The zero-order chi connectivity index (χ0) is 38.6. The molecule has 1 unspecified atom stereocenters. The molecule has 0 N–H and O–H groups in total. The minimum absolute atomic E-state index is 0.583. The highest BCUT2D eigenvalue weighted by atomic mass is 31.2. The lowest BCUT2D eigenvalue weighted by molar-refractivity contribution is 0.588. The molecule has 1 aromatic heterocycles. The van der Waals surface area contributed by atoms with Gasteiger partial charge in [0.2, 0.25) is 0 Å². The SMILES string of the molecule is CP(C)(=O)c1cccc(-c2cccc(-c3nc(-c4ccccc4)nc(-c4cccc(C5(c6ccccc6)c6ccccc6-c6cc7ccccc7cc65)c4)n3)c2)c1. The van der Waals surface area contributed by atoms with Crippen molar-refractivity contribution in [2.24, 2.45) is 0 Å². The van der Waals surface area contributed by atoms with Gasteiger partial charge in [0.05, 0.1) is 5.41 Å². The summed E-state index contributed by atoms with van der Waals surface area (Å²) in [5.41, 5.74) is 11.5. The van der Waals surface area contributed by atoms with Gasteiger partial charge in [-0.05, 0) is 98.9 Å². The Morgan fingerprint density at radius 2 is 0.895 bits per heavy atom. The summed E-state index contributed by atoms with van der Waals surface area (Å²) in [6, 6.07) is 68.2. The second-order valence-electron chi connectivity index (χ2n) is 15.1. The molecule has 1 heterocycles. The van der Waals surface area contributed by atoms with Crippen molar-refractivity contribution >= 4 is 23.2 Å². The number of hydrogen-bond acceptors (Lipinski definition) is 4. The molecule has 5 heteroatoms. The van der Waals surface area contributed by atoms with Crippen LogP contribution in [0.2, 0.25) is 0 Å². The number of benzene rings is 8. The average Bonchev–Trinajstić information content (AvgIpc) is 3.55. The van der Waals surface area contributed by atoms with E-state index in [-0.39, 0.29) is 0 Å². The summed E-state index contributed by atoms with van der Waals surface area (Å²) in [6.07, 6.45) is 0. The lowest BCUT2D eigenvalue weighted by atomic mass is 9.67. The second-order valence-corrected chi connectivity index (χ2v) is 18.4. The van der Waals surface area contributed by atoms with Crippen molar-refractivity contribution in [3.8, 4) is 56.4 Å². The Morgan fingerprint density at radius 3 is 1.61 bits per heavy atom. The van der Waals surface area contributed by atoms with Gasteiger partial charge in [-0.15, -0.1) is 0 Å². The molecule has 4 nitrogen and oxygen atoms in total. The van der Waals surface area contributed by atoms with Crippen molar-refractivity contribution in [2.75, 3.05) is 13.3 Å². The Kier molecular flexibility index (Phi) is 8.39. The highest BCUT2D eigenvalue weighted by Crippen LogP contribution is 2.57. The molecule has 0 fully saturated rings. The van der Waals surface area contributed by atoms with Crippen LogP contribution in [-0.4, -0.2) is 28.3 Å². The molecule has 1 atom stereocenters. The van der Waals surface area contributed by atoms with Gasteiger partial charge in [-0.1, -0.05) is 164 Å². The van der Waals surface area contributed by atoms with Crippen LogP contribution in [0.4, 0.5) is 0 Å². The third-order valence-electron chi connectivity index (χ3n) is 11.3. The van der Waals surface area contributed by atoms with E-state index in [1.807, 2.05) is 74.0 Å². The van der Waals surface area contributed by atoms with E-state index in [2.05, 4.69) is 133 Å². The lowest BCUT2D eigenvalue weighted by Crippen LogP contribution is -2.28. The fourth-order valence-electron chi connectivity index (χ4n) is 8.54. The number of aromatic nitrogens is 3. The number of rotatable bonds is 7. The monoisotopic (exact) mass is 751 g/mol. The fourth-order valence-corrected chi connectivity index (χ4v) is 9.44. The average molecular weight is 752 g/mol. The second kappa shape index (κ2) is 13.8. The molecule has 0 saturated heterocycles. The van der Waals surface area contributed by atoms with Crippen LogP contribution >= 0.6 is 7.14 Å². The van der Waals surface area contributed by atoms with E-state index in [0.29, 0.717) is 17.5 Å². The van der Waals surface area contributed by atoms with Gasteiger partial charge in [-0.2, -0.15) is 0 Å². The first kappa shape index (κ1) is 34.7. The highest BCUT2D eigenvalue weighted by Gasteiger charge is 2.46. The molecular weight excluding hydrogens is 714 g/mol. The summed E-state index contributed by atoms with van der Waals surface area (Å²) < 4.78 is 13.0. The molecule has 10 rings (SSSR count). The molecular formula is C52H38N3OP. The summed E-state index contributed by atoms with van der Waals surface area (Å²) in [4.78, 5) is 15.4. The first-order chi connectivity index (χ1) is 27.9. The van der Waals surface area contributed by atoms with Gasteiger partial charge in [0.1, 0.15) is 7.14 Å². The van der Waals surface area contributed by atoms with Crippen molar-refractivity contribution < 1.29 is 4.57 Å². The van der Waals surface area contributed by atoms with Crippen molar-refractivity contribution in [3.63, 3.8) is 0 Å². The fraction of sp³-hybridized carbons (Fsp3) is 0.0577. The van der Waals surface area contributed by atoms with E-state index in [1.54, 1.807) is 0 Å². The topological polar surface area (TPSA) is 55.7 Å². The first-order valence-electron chi connectivity index (χ1n) is 19.2. The Bertz CT molecular complexity index is 3030. The van der Waals surface area contributed by atoms with Gasteiger partial charge >= 0.3 is 0 Å². The highest BCUT2D eigenvalue weighted by molar-refractivity contribution is 7.70. The zero-order valence-corrected chi connectivity index (χ0v) is 32.6. The van der Waals surface area contributed by atoms with Crippen LogP contribution in [0.25, 0.3) is 67.2 Å². The molecule has 0 amide bonds. The quantitative estimate of drug-likeness (QED) is 0.152. The van der Waals surface area contributed by atoms with E-state index < -0.39 is 12.6 Å². The molecule has 57 heavy (non-hydrogen) atoms. The van der Waals surface area contributed by atoms with Crippen molar-refractivity contribution in [3.05, 3.63) is 216 Å². The van der Waals surface area contributed by atoms with Crippen LogP contribution in [0, 0.1) is 0 Å². The normalized spacial score (nSPS) is 14.6. The number of nitrogens with zero attached hydrogens (tertiary/aromatic N) is 3. The maximum atomic E-state index is 13.0. The molecule has 0 bridgehead atoms.